The molecule has 0 spiro atoms. The minimum Gasteiger partial charge on any atom is -0.454 e. The highest BCUT2D eigenvalue weighted by Gasteiger charge is 2.12. The third-order valence-corrected chi connectivity index (χ3v) is 3.16. The Labute approximate surface area is 121 Å². The molecule has 2 aromatic rings. The summed E-state index contributed by atoms with van der Waals surface area (Å²) in [6.45, 7) is 0.950. The van der Waals surface area contributed by atoms with Gasteiger partial charge in [0, 0.05) is 18.4 Å². The van der Waals surface area contributed by atoms with E-state index in [-0.39, 0.29) is 11.8 Å². The van der Waals surface area contributed by atoms with Gasteiger partial charge in [0.1, 0.15) is 4.99 Å². The number of ether oxygens (including phenoxy) is 2. The van der Waals surface area contributed by atoms with Gasteiger partial charge in [0.15, 0.2) is 11.5 Å². The zero-order valence-electron chi connectivity index (χ0n) is 10.6. The molecule has 0 fully saturated rings. The normalized spacial score (nSPS) is 12.2. The van der Waals surface area contributed by atoms with Gasteiger partial charge in [-0.1, -0.05) is 18.3 Å². The molecule has 5 nitrogen and oxygen atoms in total. The molecule has 6 heteroatoms. The Morgan fingerprint density at radius 1 is 1.25 bits per heavy atom. The molecule has 0 saturated carbocycles. The summed E-state index contributed by atoms with van der Waals surface area (Å²) in [6.07, 6.45) is 1.68. The van der Waals surface area contributed by atoms with Gasteiger partial charge >= 0.3 is 0 Å². The first-order valence-corrected chi connectivity index (χ1v) is 6.51. The van der Waals surface area contributed by atoms with Gasteiger partial charge in [0.05, 0.1) is 5.69 Å². The fraction of sp³-hybridized carbons (Fsp3) is 0.143. The van der Waals surface area contributed by atoms with Crippen molar-refractivity contribution in [1.29, 1.82) is 0 Å². The quantitative estimate of drug-likeness (QED) is 0.839. The highest BCUT2D eigenvalue weighted by atomic mass is 32.1. The molecule has 0 amide bonds. The van der Waals surface area contributed by atoms with Gasteiger partial charge in [-0.05, 0) is 29.8 Å². The summed E-state index contributed by atoms with van der Waals surface area (Å²) < 4.78 is 10.6. The van der Waals surface area contributed by atoms with Crippen LogP contribution in [0.4, 0.5) is 5.69 Å². The second-order valence-electron chi connectivity index (χ2n) is 4.34. The van der Waals surface area contributed by atoms with Gasteiger partial charge in [0.2, 0.25) is 6.79 Å². The number of nitrogens with zero attached hydrogens (tertiary/aromatic N) is 1. The summed E-state index contributed by atoms with van der Waals surface area (Å²) in [4.78, 5) is 4.39. The van der Waals surface area contributed by atoms with Crippen LogP contribution in [0.5, 0.6) is 11.5 Å². The number of nitrogens with two attached hydrogens (primary N) is 1. The van der Waals surface area contributed by atoms with Crippen molar-refractivity contribution in [2.75, 3.05) is 12.1 Å². The zero-order chi connectivity index (χ0) is 13.9. The largest absolute Gasteiger partial charge is 0.454 e. The molecule has 2 heterocycles. The molecular formula is C14H13N3O2S. The number of fused-ring (bicyclic) bond motifs is 1. The van der Waals surface area contributed by atoms with Crippen LogP contribution in [0.1, 0.15) is 11.3 Å². The van der Waals surface area contributed by atoms with E-state index >= 15 is 0 Å². The third-order valence-electron chi connectivity index (χ3n) is 2.95. The predicted molar refractivity (Wildman–Crippen MR) is 80.0 cm³/mol. The van der Waals surface area contributed by atoms with Gasteiger partial charge in [-0.25, -0.2) is 0 Å². The lowest BCUT2D eigenvalue weighted by Crippen LogP contribution is -2.12. The van der Waals surface area contributed by atoms with E-state index in [9.17, 15) is 0 Å². The molecule has 1 aromatic carbocycles. The molecule has 1 aromatic heterocycles. The van der Waals surface area contributed by atoms with E-state index in [0.29, 0.717) is 12.2 Å². The topological polar surface area (TPSA) is 69.4 Å². The summed E-state index contributed by atoms with van der Waals surface area (Å²) >= 11 is 4.91. The van der Waals surface area contributed by atoms with E-state index in [1.165, 1.54) is 0 Å². The SMILES string of the molecule is NC(=S)c1cc(NCc2ccc3c(c2)OCO3)ccn1. The first-order chi connectivity index (χ1) is 9.72. The average molecular weight is 287 g/mol. The maximum Gasteiger partial charge on any atom is 0.231 e. The lowest BCUT2D eigenvalue weighted by Gasteiger charge is -2.08. The van der Waals surface area contributed by atoms with E-state index in [4.69, 9.17) is 27.4 Å². The van der Waals surface area contributed by atoms with Crippen LogP contribution in [0.3, 0.4) is 0 Å². The van der Waals surface area contributed by atoms with Crippen molar-refractivity contribution in [3.63, 3.8) is 0 Å². The molecule has 1 aliphatic heterocycles. The Bertz CT molecular complexity index is 661. The Hall–Kier alpha value is -2.34. The standard InChI is InChI=1S/C14H13N3O2S/c15-14(20)11-6-10(3-4-16-11)17-7-9-1-2-12-13(5-9)19-8-18-12/h1-6H,7-8H2,(H2,15,20)(H,16,17). The monoisotopic (exact) mass is 287 g/mol. The Morgan fingerprint density at radius 2 is 2.10 bits per heavy atom. The van der Waals surface area contributed by atoms with E-state index in [2.05, 4.69) is 10.3 Å². The van der Waals surface area contributed by atoms with E-state index in [1.54, 1.807) is 6.20 Å². The van der Waals surface area contributed by atoms with Crippen molar-refractivity contribution in [1.82, 2.24) is 4.98 Å². The van der Waals surface area contributed by atoms with Crippen molar-refractivity contribution in [2.24, 2.45) is 5.73 Å². The Balaban J connectivity index is 1.70. The van der Waals surface area contributed by atoms with Gasteiger partial charge in [0.25, 0.3) is 0 Å². The summed E-state index contributed by atoms with van der Waals surface area (Å²) in [5, 5.41) is 3.30. The molecule has 0 aliphatic carbocycles. The molecule has 0 atom stereocenters. The minimum absolute atomic E-state index is 0.286. The van der Waals surface area contributed by atoms with Crippen LogP contribution in [-0.2, 0) is 6.54 Å². The number of anilines is 1. The van der Waals surface area contributed by atoms with Crippen LogP contribution in [-0.4, -0.2) is 16.8 Å². The first kappa shape index (κ1) is 12.7. The van der Waals surface area contributed by atoms with Crippen molar-refractivity contribution in [2.45, 2.75) is 6.54 Å². The molecule has 0 saturated heterocycles. The van der Waals surface area contributed by atoms with Crippen molar-refractivity contribution in [3.8, 4) is 11.5 Å². The Kier molecular flexibility index (Phi) is 3.39. The molecule has 0 unspecified atom stereocenters. The second kappa shape index (κ2) is 5.34. The van der Waals surface area contributed by atoms with Crippen LogP contribution in [0, 0.1) is 0 Å². The average Bonchev–Trinajstić information content (AvgIpc) is 2.93. The van der Waals surface area contributed by atoms with Crippen molar-refractivity contribution < 1.29 is 9.47 Å². The molecule has 3 rings (SSSR count). The predicted octanol–water partition coefficient (Wildman–Crippen LogP) is 2.06. The molecule has 0 radical (unpaired) electrons. The molecular weight excluding hydrogens is 274 g/mol. The van der Waals surface area contributed by atoms with Crippen LogP contribution < -0.4 is 20.5 Å². The second-order valence-corrected chi connectivity index (χ2v) is 4.78. The number of pyridine rings is 1. The highest BCUT2D eigenvalue weighted by molar-refractivity contribution is 7.80. The van der Waals surface area contributed by atoms with Gasteiger partial charge in [-0.15, -0.1) is 0 Å². The fourth-order valence-electron chi connectivity index (χ4n) is 1.93. The van der Waals surface area contributed by atoms with Gasteiger partial charge in [-0.2, -0.15) is 0 Å². The number of thiocarbonyl (C=S) groups is 1. The van der Waals surface area contributed by atoms with Crippen molar-refractivity contribution in [3.05, 3.63) is 47.8 Å². The number of rotatable bonds is 4. The molecule has 3 N–H and O–H groups in total. The smallest absolute Gasteiger partial charge is 0.231 e. The molecule has 20 heavy (non-hydrogen) atoms. The number of hydrogen-bond donors (Lipinski definition) is 2. The summed E-state index contributed by atoms with van der Waals surface area (Å²) in [6, 6.07) is 9.57. The summed E-state index contributed by atoms with van der Waals surface area (Å²) in [5.74, 6) is 1.57. The lowest BCUT2D eigenvalue weighted by molar-refractivity contribution is 0.174. The maximum absolute atomic E-state index is 5.56. The van der Waals surface area contributed by atoms with Crippen LogP contribution in [0.2, 0.25) is 0 Å². The van der Waals surface area contributed by atoms with Crippen LogP contribution in [0.15, 0.2) is 36.5 Å². The molecule has 102 valence electrons. The third kappa shape index (κ3) is 2.65. The van der Waals surface area contributed by atoms with Gasteiger partial charge in [-0.3, -0.25) is 4.98 Å². The van der Waals surface area contributed by atoms with Crippen LogP contribution >= 0.6 is 12.2 Å². The Morgan fingerprint density at radius 3 is 2.95 bits per heavy atom. The van der Waals surface area contributed by atoms with E-state index < -0.39 is 0 Å². The first-order valence-electron chi connectivity index (χ1n) is 6.10. The van der Waals surface area contributed by atoms with Gasteiger partial charge < -0.3 is 20.5 Å². The van der Waals surface area contributed by atoms with E-state index in [1.807, 2.05) is 30.3 Å². The fourth-order valence-corrected chi connectivity index (χ4v) is 2.04. The highest BCUT2D eigenvalue weighted by Crippen LogP contribution is 2.32. The number of benzene rings is 1. The summed E-state index contributed by atoms with van der Waals surface area (Å²) in [7, 11) is 0. The maximum atomic E-state index is 5.56. The lowest BCUT2D eigenvalue weighted by atomic mass is 10.2. The molecule has 0 bridgehead atoms. The van der Waals surface area contributed by atoms with Crippen molar-refractivity contribution >= 4 is 22.9 Å². The van der Waals surface area contributed by atoms with E-state index in [0.717, 1.165) is 22.7 Å². The van der Waals surface area contributed by atoms with Crippen LogP contribution in [0.25, 0.3) is 0 Å². The zero-order valence-corrected chi connectivity index (χ0v) is 11.4. The molecule has 1 aliphatic rings. The number of aromatic nitrogens is 1. The number of hydrogen-bond acceptors (Lipinski definition) is 5. The summed E-state index contributed by atoms with van der Waals surface area (Å²) in [5.41, 5.74) is 8.19. The minimum atomic E-state index is 0.286. The number of nitrogens with one attached hydrogen (secondary N) is 1.